The van der Waals surface area contributed by atoms with Gasteiger partial charge in [-0.25, -0.2) is 0 Å². The van der Waals surface area contributed by atoms with E-state index in [1.165, 1.54) is 0 Å². The van der Waals surface area contributed by atoms with Crippen LogP contribution in [0.1, 0.15) is 13.8 Å². The van der Waals surface area contributed by atoms with Gasteiger partial charge in [0.25, 0.3) is 0 Å². The van der Waals surface area contributed by atoms with Crippen LogP contribution in [-0.4, -0.2) is 27.4 Å². The number of nitrogens with two attached hydrogens (primary N) is 1. The summed E-state index contributed by atoms with van der Waals surface area (Å²) in [7, 11) is -1.91. The maximum atomic E-state index is 11.6. The number of hydrogen-bond donors (Lipinski definition) is 1. The summed E-state index contributed by atoms with van der Waals surface area (Å²) in [5.41, 5.74) is 4.59. The molecule has 1 atom stereocenters. The van der Waals surface area contributed by atoms with Gasteiger partial charge in [-0.3, -0.25) is 4.21 Å². The first-order valence-corrected chi connectivity index (χ1v) is 4.79. The molecule has 0 aliphatic heterocycles. The third kappa shape index (κ3) is 8.00. The van der Waals surface area contributed by atoms with E-state index in [2.05, 4.69) is 0 Å². The Morgan fingerprint density at radius 2 is 1.67 bits per heavy atom. The van der Waals surface area contributed by atoms with Crippen LogP contribution in [0.2, 0.25) is 0 Å². The summed E-state index contributed by atoms with van der Waals surface area (Å²) < 4.78 is 45.7. The van der Waals surface area contributed by atoms with E-state index in [0.717, 1.165) is 0 Å². The van der Waals surface area contributed by atoms with Crippen molar-refractivity contribution >= 4 is 10.8 Å². The molecule has 0 bridgehead atoms. The van der Waals surface area contributed by atoms with E-state index in [0.29, 0.717) is 0 Å². The molecule has 0 saturated carbocycles. The molecule has 0 aromatic carbocycles. The Morgan fingerprint density at radius 3 is 1.92 bits per heavy atom. The zero-order valence-corrected chi connectivity index (χ0v) is 7.76. The Balaban J connectivity index is 3.92. The SMILES string of the molecule is CC(C)(N)CS(=O)CC(F)(F)F. The predicted molar refractivity (Wildman–Crippen MR) is 42.2 cm³/mol. The average Bonchev–Trinajstić information content (AvgIpc) is 1.49. The summed E-state index contributed by atoms with van der Waals surface area (Å²) in [6.45, 7) is 3.09. The quantitative estimate of drug-likeness (QED) is 0.744. The standard InChI is InChI=1S/C6H12F3NOS/c1-5(2,10)3-12(11)4-6(7,8)9/h3-4,10H2,1-2H3. The Morgan fingerprint density at radius 1 is 1.25 bits per heavy atom. The minimum absolute atomic E-state index is 0.132. The molecule has 0 aromatic heterocycles. The van der Waals surface area contributed by atoms with Gasteiger partial charge in [-0.05, 0) is 13.8 Å². The summed E-state index contributed by atoms with van der Waals surface area (Å²) in [6, 6.07) is 0. The fourth-order valence-electron chi connectivity index (χ4n) is 0.648. The Hall–Kier alpha value is -0.100. The van der Waals surface area contributed by atoms with Gasteiger partial charge in [-0.1, -0.05) is 0 Å². The third-order valence-electron chi connectivity index (χ3n) is 0.858. The molecule has 0 rings (SSSR count). The van der Waals surface area contributed by atoms with Crippen LogP contribution in [0.25, 0.3) is 0 Å². The molecule has 0 aliphatic carbocycles. The first-order chi connectivity index (χ1) is 5.10. The van der Waals surface area contributed by atoms with Crippen LogP contribution >= 0.6 is 0 Å². The van der Waals surface area contributed by atoms with Gasteiger partial charge in [0.05, 0.1) is 0 Å². The van der Waals surface area contributed by atoms with Crippen molar-refractivity contribution in [2.45, 2.75) is 25.6 Å². The number of hydrogen-bond acceptors (Lipinski definition) is 2. The predicted octanol–water partition coefficient (Wildman–Crippen LogP) is 1.03. The maximum Gasteiger partial charge on any atom is 0.400 e. The minimum Gasteiger partial charge on any atom is -0.325 e. The van der Waals surface area contributed by atoms with Crippen molar-refractivity contribution < 1.29 is 17.4 Å². The molecule has 0 spiro atoms. The van der Waals surface area contributed by atoms with Crippen molar-refractivity contribution in [1.29, 1.82) is 0 Å². The van der Waals surface area contributed by atoms with E-state index in [4.69, 9.17) is 5.73 Å². The highest BCUT2D eigenvalue weighted by Crippen LogP contribution is 2.16. The van der Waals surface area contributed by atoms with Gasteiger partial charge >= 0.3 is 6.18 Å². The van der Waals surface area contributed by atoms with Crippen LogP contribution in [0, 0.1) is 0 Å². The molecule has 2 nitrogen and oxygen atoms in total. The van der Waals surface area contributed by atoms with Crippen molar-refractivity contribution in [3.8, 4) is 0 Å². The highest BCUT2D eigenvalue weighted by Gasteiger charge is 2.31. The monoisotopic (exact) mass is 203 g/mol. The summed E-state index contributed by atoms with van der Waals surface area (Å²) in [4.78, 5) is 0. The van der Waals surface area contributed by atoms with E-state index in [1.807, 2.05) is 0 Å². The highest BCUT2D eigenvalue weighted by atomic mass is 32.2. The van der Waals surface area contributed by atoms with Gasteiger partial charge in [-0.2, -0.15) is 13.2 Å². The molecule has 0 saturated heterocycles. The molecule has 0 amide bonds. The van der Waals surface area contributed by atoms with Gasteiger partial charge in [0.1, 0.15) is 5.75 Å². The normalized spacial score (nSPS) is 16.2. The number of alkyl halides is 3. The number of rotatable bonds is 3. The van der Waals surface area contributed by atoms with E-state index in [1.54, 1.807) is 13.8 Å². The van der Waals surface area contributed by atoms with Crippen LogP contribution in [0.5, 0.6) is 0 Å². The number of halogens is 3. The molecule has 0 aliphatic rings. The van der Waals surface area contributed by atoms with Crippen LogP contribution in [0.3, 0.4) is 0 Å². The second kappa shape index (κ2) is 3.74. The zero-order valence-electron chi connectivity index (χ0n) is 6.94. The fourth-order valence-corrected chi connectivity index (χ4v) is 1.95. The lowest BCUT2D eigenvalue weighted by atomic mass is 10.1. The highest BCUT2D eigenvalue weighted by molar-refractivity contribution is 7.85. The van der Waals surface area contributed by atoms with Crippen LogP contribution in [0.4, 0.5) is 13.2 Å². The van der Waals surface area contributed by atoms with E-state index in [-0.39, 0.29) is 5.75 Å². The molecule has 6 heteroatoms. The molecule has 0 aromatic rings. The first-order valence-electron chi connectivity index (χ1n) is 3.31. The van der Waals surface area contributed by atoms with Crippen LogP contribution in [-0.2, 0) is 10.8 Å². The molecule has 74 valence electrons. The average molecular weight is 203 g/mol. The Bertz CT molecular complexity index is 155. The van der Waals surface area contributed by atoms with Crippen molar-refractivity contribution in [3.05, 3.63) is 0 Å². The van der Waals surface area contributed by atoms with Gasteiger partial charge < -0.3 is 5.73 Å². The fraction of sp³-hybridized carbons (Fsp3) is 1.00. The van der Waals surface area contributed by atoms with Crippen molar-refractivity contribution in [1.82, 2.24) is 0 Å². The minimum atomic E-state index is -4.36. The van der Waals surface area contributed by atoms with Gasteiger partial charge in [0, 0.05) is 22.1 Å². The summed E-state index contributed by atoms with van der Waals surface area (Å²) in [6.07, 6.45) is -4.36. The van der Waals surface area contributed by atoms with Gasteiger partial charge in [0.15, 0.2) is 0 Å². The van der Waals surface area contributed by atoms with Crippen molar-refractivity contribution in [2.75, 3.05) is 11.5 Å². The summed E-state index contributed by atoms with van der Waals surface area (Å²) in [5.74, 6) is -1.40. The lowest BCUT2D eigenvalue weighted by Gasteiger charge is -2.17. The van der Waals surface area contributed by atoms with E-state index in [9.17, 15) is 17.4 Å². The van der Waals surface area contributed by atoms with Crippen molar-refractivity contribution in [3.63, 3.8) is 0 Å². The lowest BCUT2D eigenvalue weighted by Crippen LogP contribution is -2.40. The molecule has 1 unspecified atom stereocenters. The summed E-state index contributed by atoms with van der Waals surface area (Å²) in [5, 5.41) is 0. The molecule has 0 radical (unpaired) electrons. The molecule has 0 heterocycles. The topological polar surface area (TPSA) is 43.1 Å². The zero-order chi connectivity index (χ0) is 9.99. The molecular formula is C6H12F3NOS. The molecular weight excluding hydrogens is 191 g/mol. The summed E-state index contributed by atoms with van der Waals surface area (Å²) >= 11 is 0. The molecule has 2 N–H and O–H groups in total. The van der Waals surface area contributed by atoms with Crippen LogP contribution in [0.15, 0.2) is 0 Å². The van der Waals surface area contributed by atoms with Crippen molar-refractivity contribution in [2.24, 2.45) is 5.73 Å². The lowest BCUT2D eigenvalue weighted by molar-refractivity contribution is -0.105. The van der Waals surface area contributed by atoms with E-state index < -0.39 is 28.3 Å². The first kappa shape index (κ1) is 11.9. The largest absolute Gasteiger partial charge is 0.400 e. The van der Waals surface area contributed by atoms with E-state index >= 15 is 0 Å². The second-order valence-corrected chi connectivity index (χ2v) is 4.79. The Labute approximate surface area is 71.8 Å². The van der Waals surface area contributed by atoms with Gasteiger partial charge in [0.2, 0.25) is 0 Å². The maximum absolute atomic E-state index is 11.6. The molecule has 0 fully saturated rings. The second-order valence-electron chi connectivity index (χ2n) is 3.33. The molecule has 12 heavy (non-hydrogen) atoms. The van der Waals surface area contributed by atoms with Gasteiger partial charge in [-0.15, -0.1) is 0 Å². The smallest absolute Gasteiger partial charge is 0.325 e. The Kier molecular flexibility index (Phi) is 3.71. The van der Waals surface area contributed by atoms with Crippen LogP contribution < -0.4 is 5.73 Å². The third-order valence-corrected chi connectivity index (χ3v) is 2.57.